The number of nitrogens with one attached hydrogen (secondary N) is 2. The van der Waals surface area contributed by atoms with Gasteiger partial charge in [0.05, 0.1) is 24.9 Å². The van der Waals surface area contributed by atoms with E-state index >= 15 is 0 Å². The molecule has 4 aromatic rings. The van der Waals surface area contributed by atoms with Crippen molar-refractivity contribution >= 4 is 11.8 Å². The van der Waals surface area contributed by atoms with Gasteiger partial charge in [-0.15, -0.1) is 0 Å². The molecule has 1 saturated heterocycles. The van der Waals surface area contributed by atoms with Gasteiger partial charge in [-0.2, -0.15) is 0 Å². The van der Waals surface area contributed by atoms with Crippen LogP contribution in [0.15, 0.2) is 103 Å². The number of aliphatic hydroxyl groups is 2. The molecule has 10 nitrogen and oxygen atoms in total. The molecule has 5 rings (SSSR count). The molecule has 2 amide bonds. The van der Waals surface area contributed by atoms with Crippen molar-refractivity contribution in [2.75, 3.05) is 13.6 Å². The molecule has 0 radical (unpaired) electrons. The number of aliphatic hydroxyl groups excluding tert-OH is 2. The van der Waals surface area contributed by atoms with Crippen molar-refractivity contribution in [1.82, 2.24) is 15.7 Å². The zero-order valence-corrected chi connectivity index (χ0v) is 29.3. The first kappa shape index (κ1) is 37.8. The Morgan fingerprint density at radius 3 is 2.22 bits per heavy atom. The van der Waals surface area contributed by atoms with E-state index in [1.165, 1.54) is 0 Å². The number of nitrogens with zero attached hydrogens (tertiary/aromatic N) is 1. The molecule has 1 heterocycles. The number of hydrogen-bond acceptors (Lipinski definition) is 8. The smallest absolute Gasteiger partial charge is 0.243 e. The number of carbonyl (C=O) groups is 2. The number of amides is 2. The Labute approximate surface area is 300 Å². The maximum atomic E-state index is 12.4. The van der Waals surface area contributed by atoms with Crippen LogP contribution in [0.25, 0.3) is 11.1 Å². The van der Waals surface area contributed by atoms with Crippen molar-refractivity contribution in [3.63, 3.8) is 0 Å². The Morgan fingerprint density at radius 2 is 1.51 bits per heavy atom. The zero-order valence-electron chi connectivity index (χ0n) is 29.3. The molecule has 0 spiro atoms. The molecule has 0 saturated carbocycles. The predicted octanol–water partition coefficient (Wildman–Crippen LogP) is 6.13. The van der Waals surface area contributed by atoms with Crippen LogP contribution in [0.2, 0.25) is 0 Å². The van der Waals surface area contributed by atoms with E-state index in [0.717, 1.165) is 38.9 Å². The van der Waals surface area contributed by atoms with Crippen LogP contribution in [0.5, 0.6) is 0 Å². The Morgan fingerprint density at radius 1 is 0.824 bits per heavy atom. The van der Waals surface area contributed by atoms with Crippen molar-refractivity contribution in [1.29, 1.82) is 0 Å². The molecule has 0 aliphatic carbocycles. The largest absolute Gasteiger partial charge is 0.392 e. The highest BCUT2D eigenvalue weighted by atomic mass is 16.7. The van der Waals surface area contributed by atoms with Crippen molar-refractivity contribution in [3.05, 3.63) is 131 Å². The Balaban J connectivity index is 1.28. The summed E-state index contributed by atoms with van der Waals surface area (Å²) in [5, 5.41) is 32.3. The molecule has 270 valence electrons. The maximum absolute atomic E-state index is 12.4. The van der Waals surface area contributed by atoms with Crippen LogP contribution < -0.4 is 10.8 Å². The Kier molecular flexibility index (Phi) is 13.9. The second-order valence-corrected chi connectivity index (χ2v) is 13.2. The lowest BCUT2D eigenvalue weighted by molar-refractivity contribution is -0.253. The van der Waals surface area contributed by atoms with Crippen molar-refractivity contribution < 1.29 is 34.5 Å². The number of rotatable bonds is 16. The van der Waals surface area contributed by atoms with Crippen LogP contribution in [-0.2, 0) is 32.2 Å². The van der Waals surface area contributed by atoms with E-state index in [4.69, 9.17) is 14.7 Å². The average Bonchev–Trinajstić information content (AvgIpc) is 3.18. The molecule has 5 atom stereocenters. The van der Waals surface area contributed by atoms with Crippen LogP contribution in [0.4, 0.5) is 0 Å². The standard InChI is InChI=1S/C41H49N3O7/c1-28(40(48)32-11-4-3-5-12-32)44(2)26-36-24-37(31-20-18-29(27-45)19-21-31)51-41(50-36)35-15-9-14-34(23-35)33-13-8-10-30(22-33)25-42-38(46)16-6-7-17-39(47)43-49/h3-5,8-15,18-23,28,36-37,40-41,45,48-49H,6-7,16-17,24-27H2,1-2H3,(H,42,46)(H,43,47)/t28-,36+,37-,40-,41-/m0/s1. The number of ether oxygens (including phenoxy) is 2. The van der Waals surface area contributed by atoms with Gasteiger partial charge in [0.2, 0.25) is 11.8 Å². The van der Waals surface area contributed by atoms with Gasteiger partial charge in [0.15, 0.2) is 6.29 Å². The Bertz CT molecular complexity index is 1700. The fourth-order valence-corrected chi connectivity index (χ4v) is 6.33. The van der Waals surface area contributed by atoms with Gasteiger partial charge in [0, 0.05) is 44.0 Å². The summed E-state index contributed by atoms with van der Waals surface area (Å²) in [6.07, 6.45) is 0.451. The SMILES string of the molecule is C[C@@H]([C@H](O)c1ccccc1)N(C)C[C@H]1C[C@@H](c2ccc(CO)cc2)O[C@@H](c2cccc(-c3cccc(CNC(=O)CCCCC(=O)NO)c3)c2)O1. The first-order valence-electron chi connectivity index (χ1n) is 17.6. The maximum Gasteiger partial charge on any atom is 0.243 e. The quantitative estimate of drug-likeness (QED) is 0.0536. The molecule has 1 aliphatic heterocycles. The second-order valence-electron chi connectivity index (χ2n) is 13.2. The van der Waals surface area contributed by atoms with Crippen LogP contribution in [-0.4, -0.2) is 57.9 Å². The number of benzene rings is 4. The first-order chi connectivity index (χ1) is 24.7. The third kappa shape index (κ3) is 10.8. The summed E-state index contributed by atoms with van der Waals surface area (Å²) in [5.41, 5.74) is 8.12. The van der Waals surface area contributed by atoms with Crippen LogP contribution in [0.3, 0.4) is 0 Å². The van der Waals surface area contributed by atoms with Gasteiger partial charge < -0.3 is 25.0 Å². The number of hydrogen-bond donors (Lipinski definition) is 5. The minimum absolute atomic E-state index is 0.0274. The summed E-state index contributed by atoms with van der Waals surface area (Å²) in [7, 11) is 2.00. The third-order valence-corrected chi connectivity index (χ3v) is 9.49. The molecular formula is C41H49N3O7. The molecule has 0 unspecified atom stereocenters. The van der Waals surface area contributed by atoms with Crippen LogP contribution in [0, 0.1) is 0 Å². The fraction of sp³-hybridized carbons (Fsp3) is 0.366. The second kappa shape index (κ2) is 18.7. The molecule has 0 aromatic heterocycles. The van der Waals surface area contributed by atoms with Gasteiger partial charge in [-0.3, -0.25) is 19.7 Å². The number of carbonyl (C=O) groups excluding carboxylic acids is 2. The predicted molar refractivity (Wildman–Crippen MR) is 194 cm³/mol. The minimum atomic E-state index is -0.651. The lowest BCUT2D eigenvalue weighted by Gasteiger charge is -2.39. The van der Waals surface area contributed by atoms with Crippen LogP contribution >= 0.6 is 0 Å². The van der Waals surface area contributed by atoms with Gasteiger partial charge in [-0.25, -0.2) is 5.48 Å². The summed E-state index contributed by atoms with van der Waals surface area (Å²) < 4.78 is 13.3. The summed E-state index contributed by atoms with van der Waals surface area (Å²) in [6.45, 7) is 2.95. The molecule has 10 heteroatoms. The number of likely N-dealkylation sites (N-methyl/N-ethyl adjacent to an activating group) is 1. The molecule has 5 N–H and O–H groups in total. The summed E-state index contributed by atoms with van der Waals surface area (Å²) in [5.74, 6) is -0.549. The van der Waals surface area contributed by atoms with Crippen molar-refractivity contribution in [3.8, 4) is 11.1 Å². The lowest BCUT2D eigenvalue weighted by atomic mass is 9.97. The van der Waals surface area contributed by atoms with Gasteiger partial charge in [-0.1, -0.05) is 91.0 Å². The Hall–Kier alpha value is -4.42. The normalized spacial score (nSPS) is 18.6. The molecule has 1 aliphatic rings. The van der Waals surface area contributed by atoms with E-state index in [1.54, 1.807) is 5.48 Å². The van der Waals surface area contributed by atoms with Gasteiger partial charge >= 0.3 is 0 Å². The van der Waals surface area contributed by atoms with E-state index < -0.39 is 18.3 Å². The summed E-state index contributed by atoms with van der Waals surface area (Å²) in [4.78, 5) is 25.7. The molecule has 1 fully saturated rings. The van der Waals surface area contributed by atoms with E-state index in [0.29, 0.717) is 38.8 Å². The van der Waals surface area contributed by atoms with E-state index in [1.807, 2.05) is 105 Å². The fourth-order valence-electron chi connectivity index (χ4n) is 6.33. The summed E-state index contributed by atoms with van der Waals surface area (Å²) >= 11 is 0. The third-order valence-electron chi connectivity index (χ3n) is 9.49. The lowest BCUT2D eigenvalue weighted by Crippen LogP contribution is -2.43. The highest BCUT2D eigenvalue weighted by Crippen LogP contribution is 2.39. The van der Waals surface area contributed by atoms with E-state index in [9.17, 15) is 19.8 Å². The van der Waals surface area contributed by atoms with E-state index in [-0.39, 0.29) is 37.2 Å². The van der Waals surface area contributed by atoms with Gasteiger partial charge in [0.1, 0.15) is 0 Å². The van der Waals surface area contributed by atoms with Gasteiger partial charge in [0.25, 0.3) is 0 Å². The minimum Gasteiger partial charge on any atom is -0.392 e. The number of unbranched alkanes of at least 4 members (excludes halogenated alkanes) is 1. The highest BCUT2D eigenvalue weighted by molar-refractivity contribution is 5.76. The highest BCUT2D eigenvalue weighted by Gasteiger charge is 2.34. The average molecular weight is 696 g/mol. The van der Waals surface area contributed by atoms with Gasteiger partial charge in [-0.05, 0) is 72.3 Å². The van der Waals surface area contributed by atoms with Crippen LogP contribution in [0.1, 0.15) is 85.3 Å². The van der Waals surface area contributed by atoms with Crippen molar-refractivity contribution in [2.45, 2.75) is 82.8 Å². The monoisotopic (exact) mass is 695 g/mol. The molecule has 4 aromatic carbocycles. The topological polar surface area (TPSA) is 141 Å². The first-order valence-corrected chi connectivity index (χ1v) is 17.6. The molecule has 51 heavy (non-hydrogen) atoms. The zero-order chi connectivity index (χ0) is 36.2. The summed E-state index contributed by atoms with van der Waals surface area (Å²) in [6, 6.07) is 33.5. The number of hydroxylamine groups is 1. The van der Waals surface area contributed by atoms with E-state index in [2.05, 4.69) is 22.3 Å². The molecule has 0 bridgehead atoms. The van der Waals surface area contributed by atoms with Crippen molar-refractivity contribution in [2.24, 2.45) is 0 Å². The molecular weight excluding hydrogens is 646 g/mol.